The van der Waals surface area contributed by atoms with Crippen LogP contribution in [-0.2, 0) is 18.4 Å². The quantitative estimate of drug-likeness (QED) is 0.850. The average molecular weight is 288 g/mol. The van der Waals surface area contributed by atoms with Crippen LogP contribution >= 0.6 is 0 Å². The Morgan fingerprint density at radius 1 is 1.33 bits per heavy atom. The van der Waals surface area contributed by atoms with E-state index >= 15 is 0 Å². The van der Waals surface area contributed by atoms with E-state index in [1.54, 1.807) is 24.7 Å². The predicted molar refractivity (Wildman–Crippen MR) is 74.3 cm³/mol. The molecule has 0 aliphatic carbocycles. The molecule has 0 bridgehead atoms. The molecule has 110 valence electrons. The first-order valence-corrected chi connectivity index (χ1v) is 6.54. The van der Waals surface area contributed by atoms with Crippen molar-refractivity contribution >= 4 is 17.6 Å². The minimum absolute atomic E-state index is 0.273. The predicted octanol–water partition coefficient (Wildman–Crippen LogP) is 0.891. The summed E-state index contributed by atoms with van der Waals surface area (Å²) < 4.78 is 1.67. The molecule has 3 amide bonds. The minimum atomic E-state index is -0.925. The highest BCUT2D eigenvalue weighted by molar-refractivity contribution is 6.22. The molecule has 8 nitrogen and oxygen atoms in total. The molecular weight excluding hydrogens is 272 g/mol. The van der Waals surface area contributed by atoms with Gasteiger partial charge in [0.2, 0.25) is 0 Å². The second kappa shape index (κ2) is 4.44. The van der Waals surface area contributed by atoms with Crippen molar-refractivity contribution in [3.05, 3.63) is 30.4 Å². The second-order valence-electron chi connectivity index (χ2n) is 5.51. The van der Waals surface area contributed by atoms with E-state index in [0.717, 1.165) is 10.6 Å². The summed E-state index contributed by atoms with van der Waals surface area (Å²) in [6.07, 6.45) is 4.78. The minimum Gasteiger partial charge on any atom is -0.304 e. The maximum absolute atomic E-state index is 12.6. The number of nitrogens with one attached hydrogen (secondary N) is 1. The van der Waals surface area contributed by atoms with Crippen molar-refractivity contribution in [2.24, 2.45) is 7.05 Å². The lowest BCUT2D eigenvalue weighted by molar-refractivity contribution is -0.123. The van der Waals surface area contributed by atoms with E-state index in [2.05, 4.69) is 15.3 Å². The zero-order chi connectivity index (χ0) is 15.2. The van der Waals surface area contributed by atoms with E-state index in [9.17, 15) is 9.59 Å². The molecular formula is C13H16N6O2. The highest BCUT2D eigenvalue weighted by atomic mass is 16.2. The fourth-order valence-electron chi connectivity index (χ4n) is 2.40. The van der Waals surface area contributed by atoms with E-state index in [4.69, 9.17) is 0 Å². The number of aryl methyl sites for hydroxylation is 1. The Hall–Kier alpha value is -2.64. The third kappa shape index (κ3) is 1.99. The summed E-state index contributed by atoms with van der Waals surface area (Å²) in [5.41, 5.74) is 0.258. The van der Waals surface area contributed by atoms with Gasteiger partial charge in [-0.1, -0.05) is 0 Å². The first-order valence-electron chi connectivity index (χ1n) is 6.54. The number of rotatable bonds is 3. The number of H-pyrrole nitrogens is 1. The summed E-state index contributed by atoms with van der Waals surface area (Å²) in [6.45, 7) is 3.75. The maximum Gasteiger partial charge on any atom is 0.332 e. The largest absolute Gasteiger partial charge is 0.332 e. The molecule has 0 spiro atoms. The van der Waals surface area contributed by atoms with Crippen LogP contribution in [0.2, 0.25) is 0 Å². The molecule has 0 atom stereocenters. The van der Waals surface area contributed by atoms with Crippen LogP contribution in [0.15, 0.2) is 24.7 Å². The molecule has 2 aromatic rings. The monoisotopic (exact) mass is 288 g/mol. The van der Waals surface area contributed by atoms with Gasteiger partial charge in [-0.05, 0) is 19.9 Å². The van der Waals surface area contributed by atoms with Gasteiger partial charge < -0.3 is 4.90 Å². The number of anilines is 1. The molecule has 0 unspecified atom stereocenters. The van der Waals surface area contributed by atoms with Crippen LogP contribution in [0, 0.1) is 0 Å². The number of carbonyl (C=O) groups excluding carboxylic acids is 2. The van der Waals surface area contributed by atoms with Gasteiger partial charge in [-0.3, -0.25) is 14.6 Å². The van der Waals surface area contributed by atoms with Gasteiger partial charge in [-0.2, -0.15) is 10.2 Å². The maximum atomic E-state index is 12.6. The molecule has 1 fully saturated rings. The van der Waals surface area contributed by atoms with Crippen LogP contribution in [0.1, 0.15) is 19.5 Å². The van der Waals surface area contributed by atoms with E-state index in [1.807, 2.05) is 13.1 Å². The van der Waals surface area contributed by atoms with Gasteiger partial charge in [0, 0.05) is 19.4 Å². The van der Waals surface area contributed by atoms with Crippen LogP contribution in [0.4, 0.5) is 10.5 Å². The lowest BCUT2D eigenvalue weighted by Crippen LogP contribution is -2.43. The van der Waals surface area contributed by atoms with Crippen molar-refractivity contribution < 1.29 is 9.59 Å². The summed E-state index contributed by atoms with van der Waals surface area (Å²) in [4.78, 5) is 27.8. The highest BCUT2D eigenvalue weighted by Crippen LogP contribution is 2.32. The average Bonchev–Trinajstić information content (AvgIpc) is 3.10. The van der Waals surface area contributed by atoms with Gasteiger partial charge in [0.05, 0.1) is 24.1 Å². The third-order valence-corrected chi connectivity index (χ3v) is 3.65. The van der Waals surface area contributed by atoms with Crippen molar-refractivity contribution in [1.82, 2.24) is 24.9 Å². The highest BCUT2D eigenvalue weighted by Gasteiger charge is 2.52. The fraction of sp³-hybridized carbons (Fsp3) is 0.385. The van der Waals surface area contributed by atoms with Gasteiger partial charge in [-0.25, -0.2) is 9.69 Å². The van der Waals surface area contributed by atoms with E-state index in [0.29, 0.717) is 5.69 Å². The molecule has 3 rings (SSSR count). The van der Waals surface area contributed by atoms with Crippen LogP contribution in [0.25, 0.3) is 0 Å². The zero-order valence-corrected chi connectivity index (χ0v) is 12.1. The Labute approximate surface area is 121 Å². The van der Waals surface area contributed by atoms with Crippen LogP contribution in [-0.4, -0.2) is 42.4 Å². The molecule has 0 saturated carbocycles. The number of amides is 3. The topological polar surface area (TPSA) is 87.1 Å². The van der Waals surface area contributed by atoms with Gasteiger partial charge in [0.25, 0.3) is 5.91 Å². The van der Waals surface area contributed by atoms with Crippen molar-refractivity contribution in [2.45, 2.75) is 25.9 Å². The first-order chi connectivity index (χ1) is 9.91. The summed E-state index contributed by atoms with van der Waals surface area (Å²) in [5, 5.41) is 10.7. The number of urea groups is 1. The first kappa shape index (κ1) is 13.3. The number of carbonyl (C=O) groups is 2. The van der Waals surface area contributed by atoms with Gasteiger partial charge >= 0.3 is 6.03 Å². The Morgan fingerprint density at radius 3 is 2.67 bits per heavy atom. The van der Waals surface area contributed by atoms with Gasteiger partial charge in [-0.15, -0.1) is 0 Å². The number of hydrogen-bond acceptors (Lipinski definition) is 4. The number of aromatic nitrogens is 4. The van der Waals surface area contributed by atoms with Crippen molar-refractivity contribution in [3.8, 4) is 0 Å². The fourth-order valence-corrected chi connectivity index (χ4v) is 2.40. The van der Waals surface area contributed by atoms with Crippen LogP contribution < -0.4 is 4.90 Å². The Kier molecular flexibility index (Phi) is 2.82. The van der Waals surface area contributed by atoms with Gasteiger partial charge in [0.1, 0.15) is 5.54 Å². The summed E-state index contributed by atoms with van der Waals surface area (Å²) >= 11 is 0. The summed E-state index contributed by atoms with van der Waals surface area (Å²) in [6, 6.07) is 1.46. The lowest BCUT2D eigenvalue weighted by atomic mass is 10.0. The number of hydrogen-bond donors (Lipinski definition) is 1. The van der Waals surface area contributed by atoms with Crippen molar-refractivity contribution in [1.29, 1.82) is 0 Å². The molecule has 1 aliphatic heterocycles. The summed E-state index contributed by atoms with van der Waals surface area (Å²) in [5.74, 6) is -0.273. The molecule has 2 aromatic heterocycles. The normalized spacial score (nSPS) is 17.9. The molecule has 0 aromatic carbocycles. The molecule has 1 saturated heterocycles. The Morgan fingerprint density at radius 2 is 2.10 bits per heavy atom. The summed E-state index contributed by atoms with van der Waals surface area (Å²) in [7, 11) is 1.81. The Bertz CT molecular complexity index is 687. The van der Waals surface area contributed by atoms with Crippen molar-refractivity contribution in [3.63, 3.8) is 0 Å². The van der Waals surface area contributed by atoms with Crippen molar-refractivity contribution in [2.75, 3.05) is 4.90 Å². The number of aromatic amines is 1. The zero-order valence-electron chi connectivity index (χ0n) is 12.1. The van der Waals surface area contributed by atoms with Crippen LogP contribution in [0.5, 0.6) is 0 Å². The smallest absolute Gasteiger partial charge is 0.304 e. The molecule has 0 radical (unpaired) electrons. The van der Waals surface area contributed by atoms with E-state index in [1.165, 1.54) is 17.3 Å². The molecule has 21 heavy (non-hydrogen) atoms. The Balaban J connectivity index is 1.93. The van der Waals surface area contributed by atoms with E-state index in [-0.39, 0.29) is 18.5 Å². The molecule has 1 N–H and O–H groups in total. The second-order valence-corrected chi connectivity index (χ2v) is 5.51. The van der Waals surface area contributed by atoms with Crippen LogP contribution in [0.3, 0.4) is 0 Å². The van der Waals surface area contributed by atoms with Gasteiger partial charge in [0.15, 0.2) is 0 Å². The van der Waals surface area contributed by atoms with E-state index < -0.39 is 5.54 Å². The molecule has 3 heterocycles. The number of nitrogens with zero attached hydrogens (tertiary/aromatic N) is 5. The lowest BCUT2D eigenvalue weighted by Gasteiger charge is -2.26. The third-order valence-electron chi connectivity index (χ3n) is 3.65. The standard InChI is InChI=1S/C13H16N6O2/c1-13(2)11(20)19(10-6-14-15-7-10)12(21)18(13)8-9-4-5-17(3)16-9/h4-7H,8H2,1-3H3,(H,14,15). The SMILES string of the molecule is Cn1ccc(CN2C(=O)N(c3cn[nH]c3)C(=O)C2(C)C)n1. The molecule has 1 aliphatic rings. The molecule has 8 heteroatoms. The number of imide groups is 1.